The van der Waals surface area contributed by atoms with Crippen LogP contribution < -0.4 is 0 Å². The fraction of sp³-hybridized carbons (Fsp3) is 0.667. The molecule has 0 aliphatic rings. The van der Waals surface area contributed by atoms with Gasteiger partial charge in [0.05, 0.1) is 0 Å². The highest BCUT2D eigenvalue weighted by atomic mass is 19.1. The number of hydrogen-bond donors (Lipinski definition) is 0. The van der Waals surface area contributed by atoms with Gasteiger partial charge in [-0.2, -0.15) is 0 Å². The first kappa shape index (κ1) is 6.67. The van der Waals surface area contributed by atoms with E-state index in [-0.39, 0.29) is 0 Å². The topological polar surface area (TPSA) is 0 Å². The molecule has 0 aromatic heterocycles. The molecule has 7 heavy (non-hydrogen) atoms. The van der Waals surface area contributed by atoms with Crippen molar-refractivity contribution in [3.8, 4) is 0 Å². The molecule has 0 amide bonds. The summed E-state index contributed by atoms with van der Waals surface area (Å²) >= 11 is 0. The molecule has 0 heterocycles. The van der Waals surface area contributed by atoms with Crippen LogP contribution in [0, 0.1) is 0 Å². The molecule has 0 saturated carbocycles. The molecule has 0 radical (unpaired) electrons. The van der Waals surface area contributed by atoms with E-state index in [1.165, 1.54) is 0 Å². The molecule has 0 saturated heterocycles. The second-order valence-corrected chi connectivity index (χ2v) is 1.53. The summed E-state index contributed by atoms with van der Waals surface area (Å²) in [4.78, 5) is 0. The fourth-order valence-corrected chi connectivity index (χ4v) is 0.348. The molecule has 1 heteroatoms. The second kappa shape index (κ2) is 3.85. The zero-order valence-electron chi connectivity index (χ0n) is 4.65. The maximum absolute atomic E-state index is 12.1. The summed E-state index contributed by atoms with van der Waals surface area (Å²) in [5.74, 6) is 0. The normalized spacial score (nSPS) is 13.4. The molecule has 0 rings (SSSR count). The highest BCUT2D eigenvalue weighted by Crippen LogP contribution is 2.01. The molecule has 0 aromatic rings. The van der Waals surface area contributed by atoms with Gasteiger partial charge in [-0.3, -0.25) is 0 Å². The lowest BCUT2D eigenvalue weighted by Crippen LogP contribution is -1.92. The average Bonchev–Trinajstić information content (AvgIpc) is 1.68. The van der Waals surface area contributed by atoms with Crippen LogP contribution in [0.2, 0.25) is 0 Å². The first-order valence-corrected chi connectivity index (χ1v) is 2.56. The maximum Gasteiger partial charge on any atom is 0.103 e. The first-order valence-electron chi connectivity index (χ1n) is 2.56. The predicted molar refractivity (Wildman–Crippen MR) is 30.0 cm³/mol. The van der Waals surface area contributed by atoms with Crippen molar-refractivity contribution in [1.29, 1.82) is 0 Å². The van der Waals surface area contributed by atoms with Gasteiger partial charge in [-0.05, 0) is 12.8 Å². The summed E-state index contributed by atoms with van der Waals surface area (Å²) in [6.07, 6.45) is 2.04. The standard InChI is InChI=1S/C6H11F/c1-3-5-6(7)4-2/h3,6H,1,4-5H2,2H3. The highest BCUT2D eigenvalue weighted by molar-refractivity contribution is 4.70. The van der Waals surface area contributed by atoms with Crippen molar-refractivity contribution < 1.29 is 4.39 Å². The Hall–Kier alpha value is -0.330. The average molecular weight is 102 g/mol. The number of halogens is 1. The van der Waals surface area contributed by atoms with Crippen molar-refractivity contribution in [2.45, 2.75) is 25.9 Å². The molecular weight excluding hydrogens is 91.1 g/mol. The Labute approximate surface area is 44.0 Å². The van der Waals surface area contributed by atoms with Gasteiger partial charge in [-0.25, -0.2) is 4.39 Å². The summed E-state index contributed by atoms with van der Waals surface area (Å²) in [5.41, 5.74) is 0. The summed E-state index contributed by atoms with van der Waals surface area (Å²) in [6.45, 7) is 5.24. The molecule has 0 bridgehead atoms. The predicted octanol–water partition coefficient (Wildman–Crippen LogP) is 2.31. The van der Waals surface area contributed by atoms with Crippen LogP contribution in [-0.2, 0) is 0 Å². The minimum absolute atomic E-state index is 0.497. The van der Waals surface area contributed by atoms with Crippen molar-refractivity contribution in [2.24, 2.45) is 0 Å². The van der Waals surface area contributed by atoms with Crippen molar-refractivity contribution in [2.75, 3.05) is 0 Å². The van der Waals surface area contributed by atoms with Gasteiger partial charge in [0.25, 0.3) is 0 Å². The van der Waals surface area contributed by atoms with E-state index in [1.54, 1.807) is 6.08 Å². The second-order valence-electron chi connectivity index (χ2n) is 1.53. The maximum atomic E-state index is 12.1. The summed E-state index contributed by atoms with van der Waals surface area (Å²) in [5, 5.41) is 0. The molecule has 1 atom stereocenters. The Kier molecular flexibility index (Phi) is 3.67. The van der Waals surface area contributed by atoms with Crippen molar-refractivity contribution in [3.63, 3.8) is 0 Å². The zero-order valence-corrected chi connectivity index (χ0v) is 4.65. The van der Waals surface area contributed by atoms with Crippen LogP contribution in [0.3, 0.4) is 0 Å². The third kappa shape index (κ3) is 3.50. The molecule has 0 spiro atoms. The van der Waals surface area contributed by atoms with E-state index in [0.717, 1.165) is 0 Å². The zero-order chi connectivity index (χ0) is 5.70. The number of allylic oxidation sites excluding steroid dienone is 1. The largest absolute Gasteiger partial charge is 0.247 e. The summed E-state index contributed by atoms with van der Waals surface area (Å²) in [6, 6.07) is 0. The van der Waals surface area contributed by atoms with E-state index in [4.69, 9.17) is 0 Å². The Balaban J connectivity index is 2.98. The van der Waals surface area contributed by atoms with Crippen LogP contribution in [0.25, 0.3) is 0 Å². The van der Waals surface area contributed by atoms with Gasteiger partial charge in [-0.1, -0.05) is 13.0 Å². The van der Waals surface area contributed by atoms with Crippen LogP contribution in [0.15, 0.2) is 12.7 Å². The van der Waals surface area contributed by atoms with Crippen molar-refractivity contribution >= 4 is 0 Å². The van der Waals surface area contributed by atoms with Crippen LogP contribution in [-0.4, -0.2) is 6.17 Å². The summed E-state index contributed by atoms with van der Waals surface area (Å²) < 4.78 is 12.1. The Morgan fingerprint density at radius 2 is 2.43 bits per heavy atom. The first-order chi connectivity index (χ1) is 3.31. The summed E-state index contributed by atoms with van der Waals surface area (Å²) in [7, 11) is 0. The van der Waals surface area contributed by atoms with E-state index in [1.807, 2.05) is 6.92 Å². The molecule has 0 N–H and O–H groups in total. The Bertz CT molecular complexity index is 50.1. The van der Waals surface area contributed by atoms with Crippen LogP contribution in [0.5, 0.6) is 0 Å². The molecule has 0 fully saturated rings. The van der Waals surface area contributed by atoms with Gasteiger partial charge in [0, 0.05) is 0 Å². The van der Waals surface area contributed by atoms with Gasteiger partial charge in [0.1, 0.15) is 6.17 Å². The van der Waals surface area contributed by atoms with Gasteiger partial charge in [0.2, 0.25) is 0 Å². The minimum atomic E-state index is -0.669. The van der Waals surface area contributed by atoms with Gasteiger partial charge < -0.3 is 0 Å². The van der Waals surface area contributed by atoms with Crippen molar-refractivity contribution in [1.82, 2.24) is 0 Å². The third-order valence-electron chi connectivity index (χ3n) is 0.865. The third-order valence-corrected chi connectivity index (χ3v) is 0.865. The van der Waals surface area contributed by atoms with Crippen molar-refractivity contribution in [3.05, 3.63) is 12.7 Å². The van der Waals surface area contributed by atoms with Gasteiger partial charge >= 0.3 is 0 Å². The van der Waals surface area contributed by atoms with Crippen LogP contribution in [0.1, 0.15) is 19.8 Å². The fourth-order valence-electron chi connectivity index (χ4n) is 0.348. The van der Waals surface area contributed by atoms with Crippen LogP contribution in [0.4, 0.5) is 4.39 Å². The van der Waals surface area contributed by atoms with E-state index in [9.17, 15) is 4.39 Å². The molecular formula is C6H11F. The van der Waals surface area contributed by atoms with E-state index < -0.39 is 6.17 Å². The highest BCUT2D eigenvalue weighted by Gasteiger charge is 1.95. The van der Waals surface area contributed by atoms with E-state index >= 15 is 0 Å². The molecule has 1 unspecified atom stereocenters. The molecule has 0 aliphatic carbocycles. The van der Waals surface area contributed by atoms with E-state index in [0.29, 0.717) is 12.8 Å². The lowest BCUT2D eigenvalue weighted by molar-refractivity contribution is 0.328. The number of hydrogen-bond acceptors (Lipinski definition) is 0. The van der Waals surface area contributed by atoms with Gasteiger partial charge in [0.15, 0.2) is 0 Å². The molecule has 42 valence electrons. The van der Waals surface area contributed by atoms with E-state index in [2.05, 4.69) is 6.58 Å². The Morgan fingerprint density at radius 3 is 2.57 bits per heavy atom. The van der Waals surface area contributed by atoms with Crippen LogP contribution >= 0.6 is 0 Å². The lowest BCUT2D eigenvalue weighted by Gasteiger charge is -1.95. The monoisotopic (exact) mass is 102 g/mol. The molecule has 0 aromatic carbocycles. The minimum Gasteiger partial charge on any atom is -0.247 e. The quantitative estimate of drug-likeness (QED) is 0.480. The lowest BCUT2D eigenvalue weighted by atomic mass is 10.2. The Morgan fingerprint density at radius 1 is 1.86 bits per heavy atom. The molecule has 0 aliphatic heterocycles. The number of alkyl halides is 1. The number of rotatable bonds is 3. The van der Waals surface area contributed by atoms with Gasteiger partial charge in [-0.15, -0.1) is 6.58 Å². The molecule has 0 nitrogen and oxygen atoms in total. The SMILES string of the molecule is C=CCC(F)CC. The smallest absolute Gasteiger partial charge is 0.103 e.